The van der Waals surface area contributed by atoms with Gasteiger partial charge in [0.2, 0.25) is 0 Å². The van der Waals surface area contributed by atoms with Crippen LogP contribution in [0, 0.1) is 12.7 Å². The van der Waals surface area contributed by atoms with Crippen molar-refractivity contribution in [3.05, 3.63) is 68.5 Å². The number of hydrogen-bond acceptors (Lipinski definition) is 2. The molecule has 0 aliphatic rings. The molecule has 0 spiro atoms. The minimum atomic E-state index is -0.348. The molecule has 1 heterocycles. The van der Waals surface area contributed by atoms with Crippen LogP contribution >= 0.6 is 31.9 Å². The fourth-order valence-electron chi connectivity index (χ4n) is 2.25. The van der Waals surface area contributed by atoms with Gasteiger partial charge in [-0.3, -0.25) is 9.78 Å². The number of nitrogens with zero attached hydrogens (tertiary/aromatic N) is 1. The van der Waals surface area contributed by atoms with E-state index in [0.29, 0.717) is 22.5 Å². The maximum atomic E-state index is 13.3. The average molecular weight is 438 g/mol. The molecule has 6 heteroatoms. The number of amides is 1. The van der Waals surface area contributed by atoms with Crippen LogP contribution < -0.4 is 5.32 Å². The lowest BCUT2D eigenvalue weighted by molar-refractivity contribution is 0.102. The summed E-state index contributed by atoms with van der Waals surface area (Å²) >= 11 is 6.78. The highest BCUT2D eigenvalue weighted by atomic mass is 79.9. The molecule has 0 atom stereocenters. The first-order valence-corrected chi connectivity index (χ1v) is 8.36. The monoisotopic (exact) mass is 436 g/mol. The summed E-state index contributed by atoms with van der Waals surface area (Å²) in [5, 5.41) is 3.57. The maximum Gasteiger partial charge on any atom is 0.257 e. The molecule has 0 fully saturated rings. The van der Waals surface area contributed by atoms with Crippen LogP contribution in [0.5, 0.6) is 0 Å². The number of rotatable bonds is 2. The van der Waals surface area contributed by atoms with Gasteiger partial charge in [-0.2, -0.15) is 0 Å². The van der Waals surface area contributed by atoms with E-state index in [1.807, 2.05) is 12.1 Å². The van der Waals surface area contributed by atoms with E-state index in [1.54, 1.807) is 25.1 Å². The molecule has 0 unspecified atom stereocenters. The van der Waals surface area contributed by atoms with Crippen LogP contribution in [0.2, 0.25) is 0 Å². The van der Waals surface area contributed by atoms with Gasteiger partial charge in [-0.15, -0.1) is 0 Å². The Morgan fingerprint density at radius 2 is 1.91 bits per heavy atom. The molecule has 1 aromatic heterocycles. The molecule has 3 rings (SSSR count). The number of aryl methyl sites for hydroxylation is 1. The van der Waals surface area contributed by atoms with Gasteiger partial charge in [0.25, 0.3) is 5.91 Å². The van der Waals surface area contributed by atoms with Crippen LogP contribution in [0.4, 0.5) is 10.1 Å². The van der Waals surface area contributed by atoms with Gasteiger partial charge in [0, 0.05) is 20.4 Å². The number of benzene rings is 2. The normalized spacial score (nSPS) is 10.8. The third-order valence-corrected chi connectivity index (χ3v) is 4.58. The summed E-state index contributed by atoms with van der Waals surface area (Å²) in [7, 11) is 0. The van der Waals surface area contributed by atoms with Crippen LogP contribution in [0.1, 0.15) is 16.1 Å². The number of pyridine rings is 1. The van der Waals surface area contributed by atoms with Crippen LogP contribution in [0.15, 0.2) is 51.4 Å². The van der Waals surface area contributed by atoms with Crippen molar-refractivity contribution in [2.45, 2.75) is 6.92 Å². The Bertz CT molecular complexity index is 928. The van der Waals surface area contributed by atoms with Crippen molar-refractivity contribution in [3.63, 3.8) is 0 Å². The van der Waals surface area contributed by atoms with Gasteiger partial charge in [0.05, 0.1) is 22.5 Å². The molecule has 23 heavy (non-hydrogen) atoms. The number of nitrogens with one attached hydrogen (secondary N) is 1. The summed E-state index contributed by atoms with van der Waals surface area (Å²) < 4.78 is 14.9. The highest BCUT2D eigenvalue weighted by Gasteiger charge is 2.14. The summed E-state index contributed by atoms with van der Waals surface area (Å²) in [5.41, 5.74) is 2.19. The van der Waals surface area contributed by atoms with Crippen molar-refractivity contribution >= 4 is 54.4 Å². The van der Waals surface area contributed by atoms with Crippen molar-refractivity contribution in [3.8, 4) is 0 Å². The molecular weight excluding hydrogens is 427 g/mol. The molecule has 0 aliphatic carbocycles. The lowest BCUT2D eigenvalue weighted by Gasteiger charge is -2.10. The zero-order chi connectivity index (χ0) is 16.6. The molecule has 1 N–H and O–H groups in total. The predicted octanol–water partition coefficient (Wildman–Crippen LogP) is 5.46. The minimum Gasteiger partial charge on any atom is -0.321 e. The van der Waals surface area contributed by atoms with Gasteiger partial charge in [0.15, 0.2) is 0 Å². The first-order chi connectivity index (χ1) is 10.9. The third-order valence-electron chi connectivity index (χ3n) is 3.39. The van der Waals surface area contributed by atoms with Crippen LogP contribution in [-0.4, -0.2) is 10.9 Å². The molecule has 2 aromatic carbocycles. The Hall–Kier alpha value is -1.79. The number of hydrogen-bond donors (Lipinski definition) is 1. The smallest absolute Gasteiger partial charge is 0.257 e. The summed E-state index contributed by atoms with van der Waals surface area (Å²) in [6.07, 6.45) is 0. The van der Waals surface area contributed by atoms with E-state index in [4.69, 9.17) is 0 Å². The number of aromatic nitrogens is 1. The van der Waals surface area contributed by atoms with Crippen molar-refractivity contribution in [1.29, 1.82) is 0 Å². The summed E-state index contributed by atoms with van der Waals surface area (Å²) in [6.45, 7) is 1.73. The van der Waals surface area contributed by atoms with E-state index in [2.05, 4.69) is 42.2 Å². The van der Waals surface area contributed by atoms with Gasteiger partial charge in [0.1, 0.15) is 5.82 Å². The third kappa shape index (κ3) is 3.43. The number of fused-ring (bicyclic) bond motifs is 1. The summed E-state index contributed by atoms with van der Waals surface area (Å²) in [6, 6.07) is 11.6. The maximum absolute atomic E-state index is 13.3. The van der Waals surface area contributed by atoms with Crippen LogP contribution in [0.3, 0.4) is 0 Å². The highest BCUT2D eigenvalue weighted by Crippen LogP contribution is 2.27. The zero-order valence-corrected chi connectivity index (χ0v) is 15.2. The molecule has 0 aliphatic heterocycles. The van der Waals surface area contributed by atoms with Crippen LogP contribution in [0.25, 0.3) is 10.9 Å². The number of carbonyl (C=O) groups is 1. The Kier molecular flexibility index (Phi) is 4.46. The molecule has 3 aromatic rings. The molecular formula is C17H11Br2FN2O. The molecule has 3 nitrogen and oxygen atoms in total. The Morgan fingerprint density at radius 1 is 1.13 bits per heavy atom. The molecule has 1 amide bonds. The number of carbonyl (C=O) groups excluding carboxylic acids is 1. The number of anilines is 1. The lowest BCUT2D eigenvalue weighted by atomic mass is 10.1. The highest BCUT2D eigenvalue weighted by molar-refractivity contribution is 9.11. The topological polar surface area (TPSA) is 42.0 Å². The van der Waals surface area contributed by atoms with Crippen molar-refractivity contribution in [2.75, 3.05) is 5.32 Å². The van der Waals surface area contributed by atoms with Gasteiger partial charge in [-0.05, 0) is 59.3 Å². The average Bonchev–Trinajstić information content (AvgIpc) is 2.50. The van der Waals surface area contributed by atoms with Crippen LogP contribution in [-0.2, 0) is 0 Å². The zero-order valence-electron chi connectivity index (χ0n) is 12.0. The first-order valence-electron chi connectivity index (χ1n) is 6.77. The standard InChI is InChI=1S/C17H11Br2FN2O/c1-9-13(6-10-2-4-12(20)8-15(10)21-9)17(23)22-16-7-11(18)3-5-14(16)19/h2-8H,1H3,(H,22,23). The second-order valence-electron chi connectivity index (χ2n) is 5.04. The Balaban J connectivity index is 1.99. The number of halogens is 3. The largest absolute Gasteiger partial charge is 0.321 e. The molecule has 0 saturated heterocycles. The van der Waals surface area contributed by atoms with Gasteiger partial charge in [-0.1, -0.05) is 15.9 Å². The quantitative estimate of drug-likeness (QED) is 0.578. The molecule has 0 radical (unpaired) electrons. The Morgan fingerprint density at radius 3 is 2.70 bits per heavy atom. The second-order valence-corrected chi connectivity index (χ2v) is 6.81. The first kappa shape index (κ1) is 16.1. The predicted molar refractivity (Wildman–Crippen MR) is 96.2 cm³/mol. The van der Waals surface area contributed by atoms with Crippen molar-refractivity contribution in [1.82, 2.24) is 4.98 Å². The second kappa shape index (κ2) is 6.37. The molecule has 116 valence electrons. The fraction of sp³-hybridized carbons (Fsp3) is 0.0588. The van der Waals surface area contributed by atoms with E-state index >= 15 is 0 Å². The Labute approximate surface area is 149 Å². The van der Waals surface area contributed by atoms with Gasteiger partial charge in [-0.25, -0.2) is 4.39 Å². The van der Waals surface area contributed by atoms with Crippen molar-refractivity contribution < 1.29 is 9.18 Å². The summed E-state index contributed by atoms with van der Waals surface area (Å²) in [4.78, 5) is 16.9. The fourth-order valence-corrected chi connectivity index (χ4v) is 2.96. The van der Waals surface area contributed by atoms with E-state index in [1.165, 1.54) is 12.1 Å². The van der Waals surface area contributed by atoms with E-state index in [-0.39, 0.29) is 11.7 Å². The van der Waals surface area contributed by atoms with Crippen molar-refractivity contribution in [2.24, 2.45) is 0 Å². The molecule has 0 bridgehead atoms. The van der Waals surface area contributed by atoms with E-state index < -0.39 is 0 Å². The van der Waals surface area contributed by atoms with E-state index in [0.717, 1.165) is 14.3 Å². The van der Waals surface area contributed by atoms with E-state index in [9.17, 15) is 9.18 Å². The lowest BCUT2D eigenvalue weighted by Crippen LogP contribution is -2.14. The molecule has 0 saturated carbocycles. The SMILES string of the molecule is Cc1nc2cc(F)ccc2cc1C(=O)Nc1cc(Br)ccc1Br. The minimum absolute atomic E-state index is 0.264. The van der Waals surface area contributed by atoms with Gasteiger partial charge >= 0.3 is 0 Å². The summed E-state index contributed by atoms with van der Waals surface area (Å²) in [5.74, 6) is -0.611. The van der Waals surface area contributed by atoms with Gasteiger partial charge < -0.3 is 5.32 Å².